The summed E-state index contributed by atoms with van der Waals surface area (Å²) in [6.45, 7) is -1.45. The summed E-state index contributed by atoms with van der Waals surface area (Å²) in [6.07, 6.45) is -3.98. The molecule has 1 saturated heterocycles. The molecule has 1 unspecified atom stereocenters. The van der Waals surface area contributed by atoms with E-state index in [1.807, 2.05) is 0 Å². The van der Waals surface area contributed by atoms with Crippen molar-refractivity contribution in [2.45, 2.75) is 60.2 Å². The molecule has 0 aliphatic carbocycles. The maximum atomic E-state index is 14.9. The van der Waals surface area contributed by atoms with Crippen LogP contribution in [0.1, 0.15) is 28.7 Å². The molecule has 0 N–H and O–H groups in total. The second-order valence-corrected chi connectivity index (χ2v) is 16.6. The van der Waals surface area contributed by atoms with Crippen LogP contribution in [0.2, 0.25) is 0 Å². The van der Waals surface area contributed by atoms with E-state index in [2.05, 4.69) is 0 Å². The fourth-order valence-electron chi connectivity index (χ4n) is 7.15. The van der Waals surface area contributed by atoms with Crippen LogP contribution in [0.5, 0.6) is 5.75 Å². The maximum Gasteiger partial charge on any atom is 0.510 e. The monoisotopic (exact) mass is 859 g/mol. The minimum absolute atomic E-state index is 0.300. The topological polar surface area (TPSA) is 178 Å². The maximum absolute atomic E-state index is 14.9. The summed E-state index contributed by atoms with van der Waals surface area (Å²) in [4.78, 5) is 72.2. The van der Waals surface area contributed by atoms with Crippen LogP contribution < -0.4 is 4.74 Å². The summed E-state index contributed by atoms with van der Waals surface area (Å²) in [6, 6.07) is 38.9. The SMILES string of the molecule is COc1ccc(CN2C(=O)CC([C@@H]3C=C[C@H](C(OC(=O)OCc4ccccc4)(C(=O)OCc4ccccc4)C(=O)OCc4ccccc4)O3)(S(=O)(=O)c3ccccc3)C2=O)cc1. The zero-order chi connectivity index (χ0) is 43.7. The third-order valence-electron chi connectivity index (χ3n) is 10.4. The van der Waals surface area contributed by atoms with Gasteiger partial charge in [-0.15, -0.1) is 0 Å². The van der Waals surface area contributed by atoms with E-state index >= 15 is 0 Å². The molecule has 0 spiro atoms. The molecule has 0 bridgehead atoms. The molecule has 2 aliphatic rings. The number of esters is 2. The van der Waals surface area contributed by atoms with Gasteiger partial charge < -0.3 is 28.4 Å². The highest BCUT2D eigenvalue weighted by atomic mass is 32.2. The van der Waals surface area contributed by atoms with Crippen molar-refractivity contribution in [3.8, 4) is 5.75 Å². The van der Waals surface area contributed by atoms with Crippen molar-refractivity contribution in [1.29, 1.82) is 0 Å². The molecule has 2 aliphatic heterocycles. The van der Waals surface area contributed by atoms with E-state index in [9.17, 15) is 32.4 Å². The lowest BCUT2D eigenvalue weighted by molar-refractivity contribution is -0.203. The Labute approximate surface area is 357 Å². The average Bonchev–Trinajstić information content (AvgIpc) is 3.90. The van der Waals surface area contributed by atoms with Gasteiger partial charge in [0.25, 0.3) is 5.91 Å². The fourth-order valence-corrected chi connectivity index (χ4v) is 9.18. The number of amides is 2. The number of hydrogen-bond acceptors (Lipinski definition) is 13. The first-order valence-electron chi connectivity index (χ1n) is 19.4. The van der Waals surface area contributed by atoms with E-state index in [1.165, 1.54) is 31.4 Å². The molecule has 2 heterocycles. The number of sulfone groups is 1. The van der Waals surface area contributed by atoms with E-state index in [1.54, 1.807) is 121 Å². The largest absolute Gasteiger partial charge is 0.510 e. The number of imide groups is 1. The number of methoxy groups -OCH3 is 1. The smallest absolute Gasteiger partial charge is 0.497 e. The zero-order valence-electron chi connectivity index (χ0n) is 33.4. The van der Waals surface area contributed by atoms with Crippen molar-refractivity contribution in [2.24, 2.45) is 0 Å². The molecule has 5 aromatic rings. The van der Waals surface area contributed by atoms with Crippen molar-refractivity contribution in [2.75, 3.05) is 7.11 Å². The minimum atomic E-state index is -4.84. The third kappa shape index (κ3) is 8.71. The molecule has 318 valence electrons. The van der Waals surface area contributed by atoms with Crippen LogP contribution in [-0.4, -0.2) is 72.9 Å². The van der Waals surface area contributed by atoms with Gasteiger partial charge in [-0.25, -0.2) is 22.8 Å². The number of carbonyl (C=O) groups excluding carboxylic acids is 5. The van der Waals surface area contributed by atoms with Gasteiger partial charge in [-0.1, -0.05) is 133 Å². The second-order valence-electron chi connectivity index (χ2n) is 14.4. The summed E-state index contributed by atoms with van der Waals surface area (Å²) in [7, 11) is -3.36. The molecule has 14 nitrogen and oxygen atoms in total. The fraction of sp³-hybridized carbons (Fsp3) is 0.213. The Kier molecular flexibility index (Phi) is 12.9. The number of likely N-dealkylation sites (tertiary alicyclic amines) is 1. The highest BCUT2D eigenvalue weighted by Gasteiger charge is 2.69. The van der Waals surface area contributed by atoms with Gasteiger partial charge in [0, 0.05) is 0 Å². The molecule has 3 atom stereocenters. The normalized spacial score (nSPS) is 18.6. The molecule has 7 rings (SSSR count). The van der Waals surface area contributed by atoms with Gasteiger partial charge in [0.2, 0.25) is 5.91 Å². The van der Waals surface area contributed by atoms with Crippen LogP contribution in [-0.2, 0) is 79.1 Å². The predicted molar refractivity (Wildman–Crippen MR) is 220 cm³/mol. The second kappa shape index (κ2) is 18.7. The molecule has 15 heteroatoms. The molecule has 62 heavy (non-hydrogen) atoms. The summed E-state index contributed by atoms with van der Waals surface area (Å²) in [5.74, 6) is -4.35. The van der Waals surface area contributed by atoms with E-state index in [0.717, 1.165) is 17.1 Å². The van der Waals surface area contributed by atoms with Crippen molar-refractivity contribution < 1.29 is 60.8 Å². The molecule has 2 amide bonds. The minimum Gasteiger partial charge on any atom is -0.497 e. The first kappa shape index (κ1) is 43.0. The Morgan fingerprint density at radius 3 is 1.65 bits per heavy atom. The third-order valence-corrected chi connectivity index (χ3v) is 12.8. The highest BCUT2D eigenvalue weighted by Crippen LogP contribution is 2.45. The summed E-state index contributed by atoms with van der Waals surface area (Å²) in [5, 5.41) is 0. The molecule has 0 aromatic heterocycles. The Bertz CT molecular complexity index is 2480. The molecule has 5 aromatic carbocycles. The van der Waals surface area contributed by atoms with Gasteiger partial charge in [-0.05, 0) is 46.5 Å². The van der Waals surface area contributed by atoms with E-state index < -0.39 is 81.9 Å². The Balaban J connectivity index is 1.29. The first-order valence-corrected chi connectivity index (χ1v) is 20.9. The van der Waals surface area contributed by atoms with Gasteiger partial charge in [0.1, 0.15) is 37.8 Å². The number of carbonyl (C=O) groups is 5. The lowest BCUT2D eigenvalue weighted by Crippen LogP contribution is -2.62. The molecule has 0 saturated carbocycles. The summed E-state index contributed by atoms with van der Waals surface area (Å²) < 4.78 is 61.1. The number of benzene rings is 5. The quantitative estimate of drug-likeness (QED) is 0.0368. The Hall–Kier alpha value is -7.10. The van der Waals surface area contributed by atoms with Crippen LogP contribution in [0.25, 0.3) is 0 Å². The van der Waals surface area contributed by atoms with Crippen molar-refractivity contribution in [3.05, 3.63) is 180 Å². The van der Waals surface area contributed by atoms with Gasteiger partial charge in [-0.3, -0.25) is 14.5 Å². The van der Waals surface area contributed by atoms with Crippen LogP contribution >= 0.6 is 0 Å². The van der Waals surface area contributed by atoms with Crippen molar-refractivity contribution in [1.82, 2.24) is 4.90 Å². The number of hydrogen-bond donors (Lipinski definition) is 0. The molecular formula is C47H41NO13S. The highest BCUT2D eigenvalue weighted by molar-refractivity contribution is 7.93. The molecular weight excluding hydrogens is 819 g/mol. The Morgan fingerprint density at radius 1 is 0.661 bits per heavy atom. The Morgan fingerprint density at radius 2 is 1.15 bits per heavy atom. The lowest BCUT2D eigenvalue weighted by Gasteiger charge is -2.36. The van der Waals surface area contributed by atoms with Gasteiger partial charge in [0.05, 0.1) is 25.0 Å². The number of nitrogens with zero attached hydrogens (tertiary/aromatic N) is 1. The van der Waals surface area contributed by atoms with E-state index in [4.69, 9.17) is 28.4 Å². The number of ether oxygens (including phenoxy) is 6. The van der Waals surface area contributed by atoms with Crippen LogP contribution in [0, 0.1) is 0 Å². The van der Waals surface area contributed by atoms with Gasteiger partial charge >= 0.3 is 23.7 Å². The predicted octanol–water partition coefficient (Wildman–Crippen LogP) is 6.07. The standard InChI is InChI=1S/C47H41NO13S/c1-56-37-24-22-33(23-25-37)29-48-41(49)28-46(42(48)50,62(54,55)38-20-12-5-13-21-38)39-26-27-40(60-39)47(43(51)57-30-34-14-6-2-7-15-34,44(52)58-31-35-16-8-3-9-17-35)61-45(53)59-32-36-18-10-4-11-19-36/h2-27,39-40H,28-32H2,1H3/t39-,40+,46?/m0/s1. The van der Waals surface area contributed by atoms with Gasteiger partial charge in [0.15, 0.2) is 14.6 Å². The van der Waals surface area contributed by atoms with Crippen molar-refractivity contribution >= 4 is 39.7 Å². The zero-order valence-corrected chi connectivity index (χ0v) is 34.2. The summed E-state index contributed by atoms with van der Waals surface area (Å²) >= 11 is 0. The first-order chi connectivity index (χ1) is 30.0. The molecule has 0 radical (unpaired) electrons. The molecule has 1 fully saturated rings. The lowest BCUT2D eigenvalue weighted by atomic mass is 9.96. The average molecular weight is 860 g/mol. The summed E-state index contributed by atoms with van der Waals surface area (Å²) in [5.41, 5.74) is -1.12. The van der Waals surface area contributed by atoms with Crippen molar-refractivity contribution in [3.63, 3.8) is 0 Å². The van der Waals surface area contributed by atoms with E-state index in [-0.39, 0.29) is 18.0 Å². The van der Waals surface area contributed by atoms with Crippen LogP contribution in [0.3, 0.4) is 0 Å². The van der Waals surface area contributed by atoms with Crippen LogP contribution in [0.4, 0.5) is 4.79 Å². The van der Waals surface area contributed by atoms with Crippen LogP contribution in [0.15, 0.2) is 163 Å². The number of rotatable bonds is 16. The van der Waals surface area contributed by atoms with E-state index in [0.29, 0.717) is 28.0 Å². The van der Waals surface area contributed by atoms with Gasteiger partial charge in [-0.2, -0.15) is 0 Å².